The first kappa shape index (κ1) is 17.4. The molecular weight excluding hydrogens is 331 g/mol. The van der Waals surface area contributed by atoms with E-state index < -0.39 is 5.82 Å². The van der Waals surface area contributed by atoms with Crippen molar-refractivity contribution in [2.75, 3.05) is 0 Å². The van der Waals surface area contributed by atoms with E-state index in [4.69, 9.17) is 11.6 Å². The zero-order chi connectivity index (χ0) is 17.6. The van der Waals surface area contributed by atoms with Gasteiger partial charge in [0.1, 0.15) is 5.82 Å². The van der Waals surface area contributed by atoms with Crippen LogP contribution >= 0.6 is 11.6 Å². The smallest absolute Gasteiger partial charge is 0.142 e. The van der Waals surface area contributed by atoms with Crippen molar-refractivity contribution in [1.82, 2.24) is 0 Å². The third-order valence-electron chi connectivity index (χ3n) is 4.30. The Morgan fingerprint density at radius 1 is 0.880 bits per heavy atom. The summed E-state index contributed by atoms with van der Waals surface area (Å²) in [5, 5.41) is 0.147. The first-order valence-electron chi connectivity index (χ1n) is 8.39. The Hall–Kier alpha value is -2.38. The van der Waals surface area contributed by atoms with Gasteiger partial charge in [-0.15, -0.1) is 0 Å². The molecule has 1 unspecified atom stereocenters. The van der Waals surface area contributed by atoms with E-state index in [0.29, 0.717) is 5.92 Å². The van der Waals surface area contributed by atoms with Crippen molar-refractivity contribution in [1.29, 1.82) is 0 Å². The summed E-state index contributed by atoms with van der Waals surface area (Å²) in [6, 6.07) is 23.9. The van der Waals surface area contributed by atoms with Crippen molar-refractivity contribution >= 4 is 23.8 Å². The van der Waals surface area contributed by atoms with Gasteiger partial charge in [0.15, 0.2) is 0 Å². The van der Waals surface area contributed by atoms with Gasteiger partial charge in [-0.05, 0) is 46.7 Å². The largest absolute Gasteiger partial charge is 0.205 e. The lowest BCUT2D eigenvalue weighted by Crippen LogP contribution is -1.98. The third kappa shape index (κ3) is 4.80. The van der Waals surface area contributed by atoms with E-state index in [-0.39, 0.29) is 5.02 Å². The molecule has 0 saturated carbocycles. The van der Waals surface area contributed by atoms with Crippen LogP contribution in [0.5, 0.6) is 0 Å². The summed E-state index contributed by atoms with van der Waals surface area (Å²) in [5.74, 6) is 0.0914. The van der Waals surface area contributed by atoms with Crippen LogP contribution in [0.15, 0.2) is 72.8 Å². The minimum Gasteiger partial charge on any atom is -0.205 e. The molecule has 0 amide bonds. The molecule has 126 valence electrons. The van der Waals surface area contributed by atoms with Crippen molar-refractivity contribution in [3.05, 3.63) is 106 Å². The molecule has 0 fully saturated rings. The lowest BCUT2D eigenvalue weighted by atomic mass is 9.93. The molecule has 25 heavy (non-hydrogen) atoms. The third-order valence-corrected chi connectivity index (χ3v) is 4.61. The number of hydrogen-bond donors (Lipinski definition) is 0. The van der Waals surface area contributed by atoms with Crippen molar-refractivity contribution < 1.29 is 4.39 Å². The van der Waals surface area contributed by atoms with Gasteiger partial charge in [0.2, 0.25) is 0 Å². The summed E-state index contributed by atoms with van der Waals surface area (Å²) >= 11 is 5.70. The van der Waals surface area contributed by atoms with E-state index in [9.17, 15) is 4.39 Å². The predicted octanol–water partition coefficient (Wildman–Crippen LogP) is 7.00. The molecule has 3 rings (SSSR count). The predicted molar refractivity (Wildman–Crippen MR) is 105 cm³/mol. The molecule has 0 saturated heterocycles. The van der Waals surface area contributed by atoms with Gasteiger partial charge < -0.3 is 0 Å². The fraction of sp³-hybridized carbons (Fsp3) is 0.130. The highest BCUT2D eigenvalue weighted by molar-refractivity contribution is 6.30. The molecule has 0 radical (unpaired) electrons. The topological polar surface area (TPSA) is 0 Å². The SMILES string of the molecule is CC(Cc1ccc(/C=C/c2ccc(Cl)c(F)c2)cc1)c1ccccc1. The lowest BCUT2D eigenvalue weighted by molar-refractivity contribution is 0.628. The first-order chi connectivity index (χ1) is 12.1. The highest BCUT2D eigenvalue weighted by atomic mass is 35.5. The maximum atomic E-state index is 13.5. The number of hydrogen-bond acceptors (Lipinski definition) is 0. The minimum absolute atomic E-state index is 0.147. The van der Waals surface area contributed by atoms with Gasteiger partial charge in [0.25, 0.3) is 0 Å². The van der Waals surface area contributed by atoms with E-state index in [2.05, 4.69) is 55.5 Å². The maximum absolute atomic E-state index is 13.5. The Bertz CT molecular complexity index is 851. The monoisotopic (exact) mass is 350 g/mol. The molecular formula is C23H20ClF. The van der Waals surface area contributed by atoms with Crippen LogP contribution in [0, 0.1) is 5.82 Å². The molecule has 1 atom stereocenters. The minimum atomic E-state index is -0.394. The average molecular weight is 351 g/mol. The van der Waals surface area contributed by atoms with Crippen LogP contribution < -0.4 is 0 Å². The zero-order valence-corrected chi connectivity index (χ0v) is 14.9. The van der Waals surface area contributed by atoms with Gasteiger partial charge >= 0.3 is 0 Å². The van der Waals surface area contributed by atoms with Crippen molar-refractivity contribution in [2.45, 2.75) is 19.3 Å². The van der Waals surface area contributed by atoms with Crippen molar-refractivity contribution in [3.8, 4) is 0 Å². The molecule has 2 heteroatoms. The average Bonchev–Trinajstić information content (AvgIpc) is 2.64. The number of rotatable bonds is 5. The van der Waals surface area contributed by atoms with E-state index in [1.807, 2.05) is 18.2 Å². The van der Waals surface area contributed by atoms with Gasteiger partial charge in [-0.25, -0.2) is 4.39 Å². The Labute approximate surface area is 153 Å². The number of benzene rings is 3. The molecule has 0 aliphatic heterocycles. The molecule has 3 aromatic rings. The molecule has 3 aromatic carbocycles. The molecule has 0 N–H and O–H groups in total. The quantitative estimate of drug-likeness (QED) is 0.435. The second-order valence-electron chi connectivity index (χ2n) is 6.26. The second-order valence-corrected chi connectivity index (χ2v) is 6.67. The Morgan fingerprint density at radius 3 is 2.20 bits per heavy atom. The summed E-state index contributed by atoms with van der Waals surface area (Å²) in [6.45, 7) is 2.25. The molecule has 0 heterocycles. The Kier molecular flexibility index (Phi) is 5.67. The fourth-order valence-corrected chi connectivity index (χ4v) is 2.94. The standard InChI is InChI=1S/C23H20ClF/c1-17(21-5-3-2-4-6-21)15-19-10-7-18(8-11-19)9-12-20-13-14-22(24)23(25)16-20/h2-14,16-17H,15H2,1H3/b12-9+. The van der Waals surface area contributed by atoms with E-state index in [1.165, 1.54) is 17.2 Å². The van der Waals surface area contributed by atoms with Gasteiger partial charge in [0, 0.05) is 0 Å². The molecule has 0 nitrogen and oxygen atoms in total. The van der Waals surface area contributed by atoms with Crippen LogP contribution in [0.25, 0.3) is 12.2 Å². The van der Waals surface area contributed by atoms with Crippen LogP contribution in [0.2, 0.25) is 5.02 Å². The van der Waals surface area contributed by atoms with Crippen molar-refractivity contribution in [2.24, 2.45) is 0 Å². The number of halogens is 2. The maximum Gasteiger partial charge on any atom is 0.142 e. The van der Waals surface area contributed by atoms with Crippen LogP contribution in [-0.4, -0.2) is 0 Å². The first-order valence-corrected chi connectivity index (χ1v) is 8.76. The fourth-order valence-electron chi connectivity index (χ4n) is 2.83. The summed E-state index contributed by atoms with van der Waals surface area (Å²) in [6.07, 6.45) is 4.88. The Morgan fingerprint density at radius 2 is 1.52 bits per heavy atom. The van der Waals surface area contributed by atoms with Gasteiger partial charge in [-0.1, -0.05) is 91.3 Å². The molecule has 0 aliphatic rings. The van der Waals surface area contributed by atoms with Gasteiger partial charge in [-0.3, -0.25) is 0 Å². The van der Waals surface area contributed by atoms with Gasteiger partial charge in [-0.2, -0.15) is 0 Å². The van der Waals surface area contributed by atoms with Crippen LogP contribution in [0.3, 0.4) is 0 Å². The summed E-state index contributed by atoms with van der Waals surface area (Å²) < 4.78 is 13.5. The van der Waals surface area contributed by atoms with Gasteiger partial charge in [0.05, 0.1) is 5.02 Å². The zero-order valence-electron chi connectivity index (χ0n) is 14.1. The van der Waals surface area contributed by atoms with Crippen LogP contribution in [-0.2, 0) is 6.42 Å². The molecule has 0 aromatic heterocycles. The highest BCUT2D eigenvalue weighted by Gasteiger charge is 2.06. The molecule has 0 aliphatic carbocycles. The van der Waals surface area contributed by atoms with Crippen molar-refractivity contribution in [3.63, 3.8) is 0 Å². The van der Waals surface area contributed by atoms with E-state index >= 15 is 0 Å². The molecule has 0 spiro atoms. The van der Waals surface area contributed by atoms with Crippen LogP contribution in [0.4, 0.5) is 4.39 Å². The van der Waals surface area contributed by atoms with E-state index in [0.717, 1.165) is 17.5 Å². The van der Waals surface area contributed by atoms with E-state index in [1.54, 1.807) is 12.1 Å². The molecule has 0 bridgehead atoms. The normalized spacial score (nSPS) is 12.4. The lowest BCUT2D eigenvalue weighted by Gasteiger charge is -2.12. The second kappa shape index (κ2) is 8.13. The summed E-state index contributed by atoms with van der Waals surface area (Å²) in [7, 11) is 0. The summed E-state index contributed by atoms with van der Waals surface area (Å²) in [4.78, 5) is 0. The van der Waals surface area contributed by atoms with Crippen LogP contribution in [0.1, 0.15) is 35.1 Å². The highest BCUT2D eigenvalue weighted by Crippen LogP contribution is 2.21. The summed E-state index contributed by atoms with van der Waals surface area (Å²) in [5.41, 5.74) is 4.55. The Balaban J connectivity index is 1.65.